The van der Waals surface area contributed by atoms with Gasteiger partial charge >= 0.3 is 0 Å². The topological polar surface area (TPSA) is 9.72 Å². The minimum Gasteiger partial charge on any atom is -0.311 e. The molecule has 2 aliphatic heterocycles. The number of rotatable bonds is 5. The van der Waals surface area contributed by atoms with Crippen molar-refractivity contribution in [2.75, 3.05) is 14.7 Å². The first-order chi connectivity index (χ1) is 34.7. The molecule has 0 N–H and O–H groups in total. The van der Waals surface area contributed by atoms with Crippen LogP contribution in [0.2, 0.25) is 0 Å². The molecular weight excluding hydrogens is 894 g/mol. The van der Waals surface area contributed by atoms with Gasteiger partial charge in [-0.05, 0) is 211 Å². The van der Waals surface area contributed by atoms with E-state index in [9.17, 15) is 0 Å². The molecule has 3 aliphatic carbocycles. The molecule has 74 heavy (non-hydrogen) atoms. The lowest BCUT2D eigenvalue weighted by Crippen LogP contribution is -2.61. The number of hydrogen-bond acceptors (Lipinski definition) is 3. The van der Waals surface area contributed by atoms with Crippen molar-refractivity contribution in [2.45, 2.75) is 181 Å². The van der Waals surface area contributed by atoms with Crippen LogP contribution < -0.4 is 31.1 Å². The van der Waals surface area contributed by atoms with Crippen molar-refractivity contribution in [2.24, 2.45) is 0 Å². The van der Waals surface area contributed by atoms with Crippen LogP contribution in [0.1, 0.15) is 180 Å². The molecule has 12 rings (SSSR count). The number of benzene rings is 7. The Morgan fingerprint density at radius 1 is 0.405 bits per heavy atom. The summed E-state index contributed by atoms with van der Waals surface area (Å²) in [5.74, 6) is 0. The third kappa shape index (κ3) is 7.41. The van der Waals surface area contributed by atoms with Crippen molar-refractivity contribution >= 4 is 74.3 Å². The number of para-hydroxylation sites is 2. The molecule has 0 aromatic heterocycles. The molecule has 378 valence electrons. The molecule has 0 radical (unpaired) electrons. The van der Waals surface area contributed by atoms with Crippen molar-refractivity contribution in [3.63, 3.8) is 0 Å². The molecule has 2 heterocycles. The molecule has 0 saturated heterocycles. The van der Waals surface area contributed by atoms with Crippen LogP contribution >= 0.6 is 0 Å². The zero-order valence-electron chi connectivity index (χ0n) is 47.7. The van der Waals surface area contributed by atoms with Crippen LogP contribution in [0.4, 0.5) is 51.2 Å². The van der Waals surface area contributed by atoms with Crippen LogP contribution in [0.3, 0.4) is 0 Å². The maximum absolute atomic E-state index is 2.76. The minimum absolute atomic E-state index is 0.00593. The first-order valence-corrected chi connectivity index (χ1v) is 28.0. The Kier molecular flexibility index (Phi) is 10.6. The van der Waals surface area contributed by atoms with Gasteiger partial charge in [-0.2, -0.15) is 0 Å². The number of hydrogen-bond donors (Lipinski definition) is 0. The van der Waals surface area contributed by atoms with Gasteiger partial charge < -0.3 is 14.7 Å². The van der Waals surface area contributed by atoms with Gasteiger partial charge in [-0.3, -0.25) is 0 Å². The van der Waals surface area contributed by atoms with Crippen molar-refractivity contribution in [1.82, 2.24) is 0 Å². The number of nitrogens with zero attached hydrogens (tertiary/aromatic N) is 3. The fourth-order valence-electron chi connectivity index (χ4n) is 14.8. The molecule has 0 fully saturated rings. The van der Waals surface area contributed by atoms with Gasteiger partial charge in [0.2, 0.25) is 0 Å². The number of aryl methyl sites for hydroxylation is 1. The Morgan fingerprint density at radius 2 is 0.878 bits per heavy atom. The van der Waals surface area contributed by atoms with E-state index in [-0.39, 0.29) is 44.6 Å². The second-order valence-electron chi connectivity index (χ2n) is 28.4. The smallest absolute Gasteiger partial charge is 0.252 e. The molecule has 5 aliphatic rings. The first kappa shape index (κ1) is 48.9. The molecule has 0 bridgehead atoms. The highest BCUT2D eigenvalue weighted by molar-refractivity contribution is 7.00. The Labute approximate surface area is 445 Å². The maximum Gasteiger partial charge on any atom is 0.252 e. The maximum atomic E-state index is 2.76. The predicted octanol–water partition coefficient (Wildman–Crippen LogP) is 17.5. The summed E-state index contributed by atoms with van der Waals surface area (Å²) in [5.41, 5.74) is 27.2. The SMILES string of the molecule is Cc1cc2c(cc1N1c3cc4c(cc3B3c5ccc(N(c6ccccc6)c6ccccc6)cc5N(c5ccc6c(c5)C(C)(C)CCC6(C)C)c5cc(C(C)(C)C)cc1c53)C(C)(C)CC4(C)C)C(C)(C)CCC2(C)C. The summed E-state index contributed by atoms with van der Waals surface area (Å²) in [5, 5.41) is 0. The van der Waals surface area contributed by atoms with Crippen molar-refractivity contribution in [3.8, 4) is 0 Å². The third-order valence-electron chi connectivity index (χ3n) is 19.2. The molecule has 0 amide bonds. The van der Waals surface area contributed by atoms with Crippen LogP contribution in [-0.2, 0) is 37.9 Å². The van der Waals surface area contributed by atoms with E-state index in [2.05, 4.69) is 259 Å². The van der Waals surface area contributed by atoms with Crippen LogP contribution in [0.25, 0.3) is 0 Å². The molecule has 7 aromatic rings. The Hall–Kier alpha value is -6.00. The summed E-state index contributed by atoms with van der Waals surface area (Å²) in [7, 11) is 0. The van der Waals surface area contributed by atoms with E-state index in [1.165, 1.54) is 114 Å². The molecular formula is C70H80BN3. The van der Waals surface area contributed by atoms with Crippen LogP contribution in [0.5, 0.6) is 0 Å². The fourth-order valence-corrected chi connectivity index (χ4v) is 14.8. The van der Waals surface area contributed by atoms with Gasteiger partial charge in [-0.15, -0.1) is 0 Å². The summed E-state index contributed by atoms with van der Waals surface area (Å²) in [6.07, 6.45) is 5.83. The lowest BCUT2D eigenvalue weighted by atomic mass is 9.33. The van der Waals surface area contributed by atoms with Crippen LogP contribution in [-0.4, -0.2) is 6.71 Å². The average Bonchev–Trinajstić information content (AvgIpc) is 3.54. The summed E-state index contributed by atoms with van der Waals surface area (Å²) in [6, 6.07) is 52.7. The van der Waals surface area contributed by atoms with E-state index in [4.69, 9.17) is 0 Å². The molecule has 0 saturated carbocycles. The quantitative estimate of drug-likeness (QED) is 0.159. The van der Waals surface area contributed by atoms with Gasteiger partial charge in [0.15, 0.2) is 0 Å². The predicted molar refractivity (Wildman–Crippen MR) is 320 cm³/mol. The lowest BCUT2D eigenvalue weighted by molar-refractivity contribution is 0.332. The van der Waals surface area contributed by atoms with E-state index in [0.29, 0.717) is 0 Å². The fraction of sp³-hybridized carbons (Fsp3) is 0.400. The Bertz CT molecular complexity index is 3400. The van der Waals surface area contributed by atoms with Crippen molar-refractivity contribution in [3.05, 3.63) is 178 Å². The zero-order chi connectivity index (χ0) is 52.4. The first-order valence-electron chi connectivity index (χ1n) is 28.0. The monoisotopic (exact) mass is 974 g/mol. The van der Waals surface area contributed by atoms with E-state index in [1.807, 2.05) is 0 Å². The second-order valence-corrected chi connectivity index (χ2v) is 28.4. The largest absolute Gasteiger partial charge is 0.311 e. The highest BCUT2D eigenvalue weighted by atomic mass is 15.2. The van der Waals surface area contributed by atoms with Gasteiger partial charge in [0, 0.05) is 51.2 Å². The normalized spacial score (nSPS) is 19.6. The number of anilines is 9. The molecule has 0 atom stereocenters. The highest BCUT2D eigenvalue weighted by Crippen LogP contribution is 2.56. The zero-order valence-corrected chi connectivity index (χ0v) is 47.7. The summed E-state index contributed by atoms with van der Waals surface area (Å²) in [4.78, 5) is 7.90. The standard InChI is InChI=1S/C70H80BN3/c1-44-35-51-54(68(11,12)34-33-66(51,7)8)41-58(44)74-60-42-55-53(69(13,14)43-70(55,15)16)40-57(60)71-56-30-28-49(72(46-23-19-17-20-24-46)47-25-21-18-22-26-47)39-59(56)73(61-36-45(64(2,3)4)37-62(74)63(61)71)48-27-29-50-52(38-48)67(9,10)32-31-65(50,5)6/h17-30,35-42H,31-34,43H2,1-16H3. The van der Waals surface area contributed by atoms with E-state index in [1.54, 1.807) is 0 Å². The van der Waals surface area contributed by atoms with Crippen LogP contribution in [0, 0.1) is 6.92 Å². The number of fused-ring (bicyclic) bond motifs is 7. The summed E-state index contributed by atoms with van der Waals surface area (Å²) < 4.78 is 0. The second kappa shape index (κ2) is 16.0. The van der Waals surface area contributed by atoms with Gasteiger partial charge in [-0.25, -0.2) is 0 Å². The van der Waals surface area contributed by atoms with Gasteiger partial charge in [0.1, 0.15) is 0 Å². The summed E-state index contributed by atoms with van der Waals surface area (Å²) >= 11 is 0. The van der Waals surface area contributed by atoms with E-state index in [0.717, 1.165) is 29.9 Å². The van der Waals surface area contributed by atoms with Crippen LogP contribution in [0.15, 0.2) is 133 Å². The minimum atomic E-state index is -0.138. The summed E-state index contributed by atoms with van der Waals surface area (Å²) in [6.45, 7) is 39.3. The average molecular weight is 974 g/mol. The molecule has 0 unspecified atom stereocenters. The molecule has 0 spiro atoms. The molecule has 4 heteroatoms. The van der Waals surface area contributed by atoms with Crippen molar-refractivity contribution in [1.29, 1.82) is 0 Å². The molecule has 7 aromatic carbocycles. The van der Waals surface area contributed by atoms with E-state index >= 15 is 0 Å². The van der Waals surface area contributed by atoms with Gasteiger partial charge in [0.05, 0.1) is 0 Å². The Morgan fingerprint density at radius 3 is 1.45 bits per heavy atom. The Balaban J connectivity index is 1.22. The van der Waals surface area contributed by atoms with Crippen molar-refractivity contribution < 1.29 is 0 Å². The van der Waals surface area contributed by atoms with Gasteiger partial charge in [0.25, 0.3) is 6.71 Å². The molecule has 3 nitrogen and oxygen atoms in total. The highest BCUT2D eigenvalue weighted by Gasteiger charge is 2.50. The lowest BCUT2D eigenvalue weighted by Gasteiger charge is -2.47. The third-order valence-corrected chi connectivity index (χ3v) is 19.2. The van der Waals surface area contributed by atoms with E-state index < -0.39 is 0 Å². The van der Waals surface area contributed by atoms with Gasteiger partial charge in [-0.1, -0.05) is 165 Å².